The van der Waals surface area contributed by atoms with E-state index in [1.54, 1.807) is 0 Å². The molecule has 0 bridgehead atoms. The summed E-state index contributed by atoms with van der Waals surface area (Å²) in [6, 6.07) is 14.1. The zero-order valence-corrected chi connectivity index (χ0v) is 11.4. The summed E-state index contributed by atoms with van der Waals surface area (Å²) in [5.41, 5.74) is 10.6. The van der Waals surface area contributed by atoms with E-state index in [1.165, 1.54) is 18.4 Å². The molecule has 0 unspecified atom stereocenters. The number of nitrogen functional groups attached to an aromatic ring is 1. The second-order valence-electron chi connectivity index (χ2n) is 4.49. The maximum atomic E-state index is 6.26. The van der Waals surface area contributed by atoms with Crippen LogP contribution >= 0.6 is 11.6 Å². The van der Waals surface area contributed by atoms with Gasteiger partial charge in [0.05, 0.1) is 0 Å². The first kappa shape index (κ1) is 13.0. The van der Waals surface area contributed by atoms with Crippen molar-refractivity contribution in [3.63, 3.8) is 0 Å². The van der Waals surface area contributed by atoms with E-state index in [0.29, 0.717) is 0 Å². The minimum absolute atomic E-state index is 0.749. The van der Waals surface area contributed by atoms with Crippen LogP contribution in [0, 0.1) is 0 Å². The molecule has 94 valence electrons. The van der Waals surface area contributed by atoms with Gasteiger partial charge in [-0.05, 0) is 36.1 Å². The van der Waals surface area contributed by atoms with Gasteiger partial charge in [-0.2, -0.15) is 0 Å². The molecule has 0 radical (unpaired) electrons. The van der Waals surface area contributed by atoms with E-state index in [0.717, 1.165) is 28.3 Å². The Balaban J connectivity index is 2.36. The highest BCUT2D eigenvalue weighted by molar-refractivity contribution is 6.30. The van der Waals surface area contributed by atoms with E-state index in [4.69, 9.17) is 17.3 Å². The first-order chi connectivity index (χ1) is 8.72. The summed E-state index contributed by atoms with van der Waals surface area (Å²) >= 11 is 5.91. The van der Waals surface area contributed by atoms with Crippen LogP contribution in [-0.4, -0.2) is 0 Å². The molecular formula is C16H18ClN. The molecule has 2 heteroatoms. The van der Waals surface area contributed by atoms with Crippen LogP contribution in [0.2, 0.25) is 5.02 Å². The Morgan fingerprint density at radius 2 is 1.78 bits per heavy atom. The normalized spacial score (nSPS) is 10.6. The van der Waals surface area contributed by atoms with Crippen LogP contribution in [0.1, 0.15) is 25.3 Å². The van der Waals surface area contributed by atoms with Crippen LogP contribution in [0.5, 0.6) is 0 Å². The van der Waals surface area contributed by atoms with Crippen molar-refractivity contribution in [1.29, 1.82) is 0 Å². The molecule has 18 heavy (non-hydrogen) atoms. The third-order valence-electron chi connectivity index (χ3n) is 3.15. The van der Waals surface area contributed by atoms with E-state index in [9.17, 15) is 0 Å². The first-order valence-electron chi connectivity index (χ1n) is 6.35. The molecule has 0 spiro atoms. The fraction of sp³-hybridized carbons (Fsp3) is 0.250. The van der Waals surface area contributed by atoms with Crippen molar-refractivity contribution < 1.29 is 0 Å². The molecule has 2 N–H and O–H groups in total. The highest BCUT2D eigenvalue weighted by atomic mass is 35.5. The molecule has 0 amide bonds. The third-order valence-corrected chi connectivity index (χ3v) is 3.40. The molecule has 0 fully saturated rings. The van der Waals surface area contributed by atoms with Gasteiger partial charge in [-0.25, -0.2) is 0 Å². The smallest absolute Gasteiger partial charge is 0.0426 e. The molecule has 0 saturated heterocycles. The molecule has 2 aromatic rings. The van der Waals surface area contributed by atoms with Gasteiger partial charge in [0.15, 0.2) is 0 Å². The van der Waals surface area contributed by atoms with E-state index < -0.39 is 0 Å². The van der Waals surface area contributed by atoms with Crippen molar-refractivity contribution in [3.8, 4) is 11.1 Å². The lowest BCUT2D eigenvalue weighted by atomic mass is 9.98. The van der Waals surface area contributed by atoms with E-state index in [2.05, 4.69) is 25.1 Å². The lowest BCUT2D eigenvalue weighted by Crippen LogP contribution is -1.97. The molecule has 2 rings (SSSR count). The van der Waals surface area contributed by atoms with Gasteiger partial charge in [-0.1, -0.05) is 55.3 Å². The molecule has 0 saturated carbocycles. The summed E-state index contributed by atoms with van der Waals surface area (Å²) in [4.78, 5) is 0. The van der Waals surface area contributed by atoms with Crippen molar-refractivity contribution >= 4 is 17.3 Å². The van der Waals surface area contributed by atoms with E-state index in [1.807, 2.05) is 24.3 Å². The maximum Gasteiger partial charge on any atom is 0.0426 e. The van der Waals surface area contributed by atoms with Crippen molar-refractivity contribution in [1.82, 2.24) is 0 Å². The Kier molecular flexibility index (Phi) is 4.27. The van der Waals surface area contributed by atoms with Gasteiger partial charge < -0.3 is 5.73 Å². The number of hydrogen-bond donors (Lipinski definition) is 1. The Hall–Kier alpha value is -1.47. The molecule has 0 aliphatic heterocycles. The van der Waals surface area contributed by atoms with E-state index in [-0.39, 0.29) is 0 Å². The number of halogens is 1. The van der Waals surface area contributed by atoms with Crippen LogP contribution < -0.4 is 5.73 Å². The van der Waals surface area contributed by atoms with Crippen molar-refractivity contribution in [2.24, 2.45) is 0 Å². The zero-order valence-electron chi connectivity index (χ0n) is 10.6. The largest absolute Gasteiger partial charge is 0.398 e. The second kappa shape index (κ2) is 5.92. The lowest BCUT2D eigenvalue weighted by molar-refractivity contribution is 0.796. The topological polar surface area (TPSA) is 26.0 Å². The summed E-state index contributed by atoms with van der Waals surface area (Å²) in [6.45, 7) is 2.19. The van der Waals surface area contributed by atoms with Crippen LogP contribution in [0.4, 0.5) is 5.69 Å². The second-order valence-corrected chi connectivity index (χ2v) is 4.93. The highest BCUT2D eigenvalue weighted by Crippen LogP contribution is 2.30. The zero-order chi connectivity index (χ0) is 13.0. The Morgan fingerprint density at radius 1 is 1.06 bits per heavy atom. The van der Waals surface area contributed by atoms with Crippen molar-refractivity contribution in [2.75, 3.05) is 5.73 Å². The molecular weight excluding hydrogens is 242 g/mol. The quantitative estimate of drug-likeness (QED) is 0.774. The monoisotopic (exact) mass is 259 g/mol. The maximum absolute atomic E-state index is 6.26. The number of aryl methyl sites for hydroxylation is 1. The first-order valence-corrected chi connectivity index (χ1v) is 6.73. The van der Waals surface area contributed by atoms with Gasteiger partial charge >= 0.3 is 0 Å². The molecule has 2 aromatic carbocycles. The van der Waals surface area contributed by atoms with Crippen LogP contribution in [-0.2, 0) is 6.42 Å². The number of hydrogen-bond acceptors (Lipinski definition) is 1. The average Bonchev–Trinajstić information content (AvgIpc) is 2.39. The summed E-state index contributed by atoms with van der Waals surface area (Å²) < 4.78 is 0. The Bertz CT molecular complexity index is 517. The van der Waals surface area contributed by atoms with Gasteiger partial charge in [0.1, 0.15) is 0 Å². The number of anilines is 1. The van der Waals surface area contributed by atoms with Crippen molar-refractivity contribution in [2.45, 2.75) is 26.2 Å². The van der Waals surface area contributed by atoms with Gasteiger partial charge in [-0.15, -0.1) is 0 Å². The highest BCUT2D eigenvalue weighted by Gasteiger charge is 2.06. The number of nitrogens with two attached hydrogens (primary N) is 1. The Labute approximate surface area is 114 Å². The molecule has 0 aliphatic rings. The minimum atomic E-state index is 0.749. The minimum Gasteiger partial charge on any atom is -0.398 e. The number of unbranched alkanes of at least 4 members (excludes halogenated alkanes) is 1. The number of rotatable bonds is 4. The number of benzene rings is 2. The van der Waals surface area contributed by atoms with Gasteiger partial charge in [0, 0.05) is 16.3 Å². The van der Waals surface area contributed by atoms with Crippen LogP contribution in [0.15, 0.2) is 42.5 Å². The van der Waals surface area contributed by atoms with Crippen LogP contribution in [0.25, 0.3) is 11.1 Å². The summed E-state index contributed by atoms with van der Waals surface area (Å²) in [5, 5.41) is 0.749. The molecule has 0 aromatic heterocycles. The fourth-order valence-electron chi connectivity index (χ4n) is 2.08. The van der Waals surface area contributed by atoms with Gasteiger partial charge in [0.25, 0.3) is 0 Å². The standard InChI is InChI=1S/C16H18ClN/c1-2-3-5-13-6-4-7-15(16(13)18)12-8-10-14(17)11-9-12/h4,6-11H,2-3,5,18H2,1H3. The molecule has 1 nitrogen and oxygen atoms in total. The molecule has 0 heterocycles. The summed E-state index contributed by atoms with van der Waals surface area (Å²) in [5.74, 6) is 0. The average molecular weight is 260 g/mol. The lowest BCUT2D eigenvalue weighted by Gasteiger charge is -2.11. The molecule has 0 aliphatic carbocycles. The third kappa shape index (κ3) is 2.85. The van der Waals surface area contributed by atoms with Gasteiger partial charge in [-0.3, -0.25) is 0 Å². The predicted molar refractivity (Wildman–Crippen MR) is 79.9 cm³/mol. The van der Waals surface area contributed by atoms with Gasteiger partial charge in [0.2, 0.25) is 0 Å². The predicted octanol–water partition coefficient (Wildman–Crippen LogP) is 4.93. The SMILES string of the molecule is CCCCc1cccc(-c2ccc(Cl)cc2)c1N. The number of para-hydroxylation sites is 1. The van der Waals surface area contributed by atoms with Crippen LogP contribution in [0.3, 0.4) is 0 Å². The fourth-order valence-corrected chi connectivity index (χ4v) is 2.21. The van der Waals surface area contributed by atoms with E-state index >= 15 is 0 Å². The van der Waals surface area contributed by atoms with Crippen molar-refractivity contribution in [3.05, 3.63) is 53.1 Å². The molecule has 0 atom stereocenters. The summed E-state index contributed by atoms with van der Waals surface area (Å²) in [7, 11) is 0. The Morgan fingerprint density at radius 3 is 2.44 bits per heavy atom. The summed E-state index contributed by atoms with van der Waals surface area (Å²) in [6.07, 6.45) is 3.41.